The molecule has 1 aromatic rings. The molecule has 3 aliphatic carbocycles. The third kappa shape index (κ3) is 2.68. The van der Waals surface area contributed by atoms with Crippen molar-refractivity contribution in [3.05, 3.63) is 28.8 Å². The average Bonchev–Trinajstić information content (AvgIpc) is 2.88. The maximum Gasteiger partial charge on any atom is 0.366 e. The Hall–Kier alpha value is -1.35. The Labute approximate surface area is 164 Å². The van der Waals surface area contributed by atoms with E-state index in [1.54, 1.807) is 5.56 Å². The molecule has 0 spiro atoms. The van der Waals surface area contributed by atoms with Gasteiger partial charge in [-0.2, -0.15) is 0 Å². The van der Waals surface area contributed by atoms with Crippen LogP contribution in [0.4, 0.5) is 0 Å². The fourth-order valence-electron chi connectivity index (χ4n) is 7.67. The normalized spacial score (nSPS) is 36.5. The van der Waals surface area contributed by atoms with Gasteiger partial charge in [0.05, 0.1) is 0 Å². The highest BCUT2D eigenvalue weighted by Gasteiger charge is 2.61. The molecule has 0 aliphatic heterocycles. The predicted molar refractivity (Wildman–Crippen MR) is 108 cm³/mol. The van der Waals surface area contributed by atoms with Gasteiger partial charge in [-0.3, -0.25) is 0 Å². The van der Waals surface area contributed by atoms with Crippen molar-refractivity contribution in [2.75, 3.05) is 6.54 Å². The fourth-order valence-corrected chi connectivity index (χ4v) is 7.67. The molecule has 0 saturated heterocycles. The Morgan fingerprint density at radius 3 is 2.59 bits per heavy atom. The molecule has 3 aliphatic rings. The van der Waals surface area contributed by atoms with Crippen LogP contribution in [0.3, 0.4) is 0 Å². The molecule has 2 fully saturated rings. The second-order valence-corrected chi connectivity index (χ2v) is 10.6. The molecule has 0 bridgehead atoms. The van der Waals surface area contributed by atoms with Gasteiger partial charge in [0.25, 0.3) is 0 Å². The SMILES string of the molecule is Cc1cc(OC(=O)C[NH3+])cc2c1[C@]1(C)CCC3C(C)(C)CCC[C@]3(C)[C@H]1C2. The van der Waals surface area contributed by atoms with E-state index in [2.05, 4.69) is 52.5 Å². The van der Waals surface area contributed by atoms with Crippen molar-refractivity contribution in [3.8, 4) is 5.75 Å². The van der Waals surface area contributed by atoms with Crippen molar-refractivity contribution in [2.24, 2.45) is 22.7 Å². The second kappa shape index (κ2) is 6.07. The van der Waals surface area contributed by atoms with E-state index in [9.17, 15) is 4.79 Å². The number of ether oxygens (including phenoxy) is 1. The summed E-state index contributed by atoms with van der Waals surface area (Å²) in [5.41, 5.74) is 9.01. The zero-order valence-electron chi connectivity index (χ0n) is 17.8. The topological polar surface area (TPSA) is 53.9 Å². The van der Waals surface area contributed by atoms with E-state index in [4.69, 9.17) is 4.74 Å². The zero-order chi connectivity index (χ0) is 19.6. The molecule has 3 N–H and O–H groups in total. The minimum absolute atomic E-state index is 0.172. The Morgan fingerprint density at radius 2 is 1.89 bits per heavy atom. The summed E-state index contributed by atoms with van der Waals surface area (Å²) in [7, 11) is 0. The third-order valence-electron chi connectivity index (χ3n) is 8.62. The van der Waals surface area contributed by atoms with Crippen LogP contribution in [0.25, 0.3) is 0 Å². The predicted octanol–water partition coefficient (Wildman–Crippen LogP) is 4.20. The molecule has 27 heavy (non-hydrogen) atoms. The standard InChI is InChI=1S/C24H35NO2/c1-15-11-17(27-20(26)14-25)12-16-13-19-23(4)9-6-8-22(2,3)18(23)7-10-24(19,5)21(15)16/h11-12,18-19H,6-10,13-14,25H2,1-5H3/p+1/t18?,19-,23+,24-/m1/s1. The van der Waals surface area contributed by atoms with Gasteiger partial charge in [-0.05, 0) is 95.9 Å². The highest BCUT2D eigenvalue weighted by molar-refractivity contribution is 5.73. The molecular formula is C24H36NO2+. The van der Waals surface area contributed by atoms with Gasteiger partial charge in [-0.15, -0.1) is 0 Å². The molecule has 0 amide bonds. The molecule has 1 unspecified atom stereocenters. The number of esters is 1. The molecule has 1 aromatic carbocycles. The van der Waals surface area contributed by atoms with Crippen LogP contribution in [0.15, 0.2) is 12.1 Å². The van der Waals surface area contributed by atoms with E-state index in [-0.39, 0.29) is 17.9 Å². The van der Waals surface area contributed by atoms with Crippen LogP contribution in [0, 0.1) is 29.6 Å². The number of aryl methyl sites for hydroxylation is 1. The highest BCUT2D eigenvalue weighted by Crippen LogP contribution is 2.67. The molecule has 148 valence electrons. The number of quaternary nitrogens is 1. The molecule has 3 nitrogen and oxygen atoms in total. The lowest BCUT2D eigenvalue weighted by molar-refractivity contribution is -0.358. The van der Waals surface area contributed by atoms with E-state index >= 15 is 0 Å². The van der Waals surface area contributed by atoms with Crippen molar-refractivity contribution in [1.82, 2.24) is 0 Å². The Bertz CT molecular complexity index is 783. The number of hydrogen-bond acceptors (Lipinski definition) is 2. The first-order chi connectivity index (χ1) is 12.6. The van der Waals surface area contributed by atoms with Crippen LogP contribution in [-0.2, 0) is 16.6 Å². The largest absolute Gasteiger partial charge is 0.422 e. The molecule has 4 rings (SSSR count). The van der Waals surface area contributed by atoms with Crippen molar-refractivity contribution < 1.29 is 15.3 Å². The summed E-state index contributed by atoms with van der Waals surface area (Å²) in [6, 6.07) is 4.21. The van der Waals surface area contributed by atoms with Crippen molar-refractivity contribution in [1.29, 1.82) is 0 Å². The fraction of sp³-hybridized carbons (Fsp3) is 0.708. The van der Waals surface area contributed by atoms with E-state index in [0.717, 1.165) is 12.3 Å². The van der Waals surface area contributed by atoms with Crippen LogP contribution >= 0.6 is 0 Å². The summed E-state index contributed by atoms with van der Waals surface area (Å²) >= 11 is 0. The van der Waals surface area contributed by atoms with E-state index in [1.165, 1.54) is 43.2 Å². The van der Waals surface area contributed by atoms with Gasteiger partial charge in [0.15, 0.2) is 6.54 Å². The van der Waals surface area contributed by atoms with Gasteiger partial charge in [0.1, 0.15) is 5.75 Å². The number of rotatable bonds is 2. The first-order valence-corrected chi connectivity index (χ1v) is 10.8. The number of hydrogen-bond donors (Lipinski definition) is 1. The molecule has 0 heterocycles. The summed E-state index contributed by atoms with van der Waals surface area (Å²) in [6.45, 7) is 12.5. The Kier molecular flexibility index (Phi) is 4.27. The lowest BCUT2D eigenvalue weighted by atomic mass is 9.43. The Balaban J connectivity index is 1.75. The first kappa shape index (κ1) is 19.0. The zero-order valence-corrected chi connectivity index (χ0v) is 17.8. The molecule has 0 aromatic heterocycles. The quantitative estimate of drug-likeness (QED) is 0.626. The van der Waals surface area contributed by atoms with Crippen molar-refractivity contribution in [3.63, 3.8) is 0 Å². The number of fused-ring (bicyclic) bond motifs is 5. The minimum Gasteiger partial charge on any atom is -0.422 e. The average molecular weight is 371 g/mol. The van der Waals surface area contributed by atoms with Gasteiger partial charge < -0.3 is 10.5 Å². The summed E-state index contributed by atoms with van der Waals surface area (Å²) in [5.74, 6) is 1.95. The van der Waals surface area contributed by atoms with E-state index in [0.29, 0.717) is 22.5 Å². The maximum absolute atomic E-state index is 11.7. The lowest BCUT2D eigenvalue weighted by Gasteiger charge is -2.61. The monoisotopic (exact) mass is 370 g/mol. The molecular weight excluding hydrogens is 334 g/mol. The van der Waals surface area contributed by atoms with Gasteiger partial charge in [-0.1, -0.05) is 34.1 Å². The van der Waals surface area contributed by atoms with Crippen LogP contribution in [0.1, 0.15) is 76.5 Å². The van der Waals surface area contributed by atoms with Gasteiger partial charge >= 0.3 is 5.97 Å². The molecule has 0 radical (unpaired) electrons. The summed E-state index contributed by atoms with van der Waals surface area (Å²) < 4.78 is 5.52. The first-order valence-electron chi connectivity index (χ1n) is 10.8. The summed E-state index contributed by atoms with van der Waals surface area (Å²) in [5, 5.41) is 0. The summed E-state index contributed by atoms with van der Waals surface area (Å²) in [6.07, 6.45) is 7.84. The number of carbonyl (C=O) groups excluding carboxylic acids is 1. The molecule has 4 atom stereocenters. The smallest absolute Gasteiger partial charge is 0.366 e. The lowest BCUT2D eigenvalue weighted by Crippen LogP contribution is -2.55. The number of benzene rings is 1. The van der Waals surface area contributed by atoms with E-state index in [1.807, 2.05) is 0 Å². The molecule has 3 heteroatoms. The minimum atomic E-state index is -0.253. The number of carbonyl (C=O) groups is 1. The van der Waals surface area contributed by atoms with Crippen LogP contribution in [0.5, 0.6) is 5.75 Å². The van der Waals surface area contributed by atoms with E-state index < -0.39 is 0 Å². The van der Waals surface area contributed by atoms with Gasteiger partial charge in [0, 0.05) is 0 Å². The van der Waals surface area contributed by atoms with Crippen molar-refractivity contribution in [2.45, 2.75) is 78.6 Å². The van der Waals surface area contributed by atoms with Gasteiger partial charge in [0.2, 0.25) is 0 Å². The van der Waals surface area contributed by atoms with Crippen molar-refractivity contribution >= 4 is 5.97 Å². The molecule has 2 saturated carbocycles. The Morgan fingerprint density at radius 1 is 1.15 bits per heavy atom. The third-order valence-corrected chi connectivity index (χ3v) is 8.62. The highest BCUT2D eigenvalue weighted by atomic mass is 16.5. The van der Waals surface area contributed by atoms with Crippen LogP contribution < -0.4 is 10.5 Å². The maximum atomic E-state index is 11.7. The second-order valence-electron chi connectivity index (χ2n) is 10.6. The van der Waals surface area contributed by atoms with Crippen LogP contribution in [-0.4, -0.2) is 12.5 Å². The van der Waals surface area contributed by atoms with Gasteiger partial charge in [-0.25, -0.2) is 4.79 Å². The van der Waals surface area contributed by atoms with Crippen LogP contribution in [0.2, 0.25) is 0 Å². The summed E-state index contributed by atoms with van der Waals surface area (Å²) in [4.78, 5) is 11.7.